The largest absolute Gasteiger partial charge is 0.474 e. The third kappa shape index (κ3) is 5.42. The molecule has 2 aromatic heterocycles. The molecule has 0 amide bonds. The number of pyridine rings is 1. The van der Waals surface area contributed by atoms with E-state index in [1.165, 1.54) is 17.7 Å². The van der Waals surface area contributed by atoms with Crippen molar-refractivity contribution in [1.82, 2.24) is 20.6 Å². The van der Waals surface area contributed by atoms with Crippen LogP contribution in [0.1, 0.15) is 48.1 Å². The predicted molar refractivity (Wildman–Crippen MR) is 106 cm³/mol. The van der Waals surface area contributed by atoms with E-state index in [1.807, 2.05) is 18.3 Å². The molecular formula is C19H27N5OS. The molecule has 6 nitrogen and oxygen atoms in total. The quantitative estimate of drug-likeness (QED) is 0.576. The van der Waals surface area contributed by atoms with Gasteiger partial charge >= 0.3 is 0 Å². The summed E-state index contributed by atoms with van der Waals surface area (Å²) in [5.41, 5.74) is 1.12. The maximum atomic E-state index is 5.98. The van der Waals surface area contributed by atoms with Crippen LogP contribution >= 0.6 is 11.3 Å². The molecule has 0 atom stereocenters. The van der Waals surface area contributed by atoms with Crippen LogP contribution in [0, 0.1) is 0 Å². The Labute approximate surface area is 159 Å². The summed E-state index contributed by atoms with van der Waals surface area (Å²) in [6.07, 6.45) is 9.89. The van der Waals surface area contributed by atoms with Crippen LogP contribution < -0.4 is 15.4 Å². The Hall–Kier alpha value is -2.15. The number of thiazole rings is 1. The Morgan fingerprint density at radius 3 is 2.81 bits per heavy atom. The molecule has 7 heteroatoms. The highest BCUT2D eigenvalue weighted by molar-refractivity contribution is 7.11. The summed E-state index contributed by atoms with van der Waals surface area (Å²) in [5, 5.41) is 7.71. The summed E-state index contributed by atoms with van der Waals surface area (Å²) in [6, 6.07) is 4.00. The van der Waals surface area contributed by atoms with Gasteiger partial charge in [-0.2, -0.15) is 0 Å². The van der Waals surface area contributed by atoms with Crippen molar-refractivity contribution >= 4 is 17.3 Å². The minimum absolute atomic E-state index is 0.325. The maximum Gasteiger partial charge on any atom is 0.213 e. The summed E-state index contributed by atoms with van der Waals surface area (Å²) >= 11 is 1.74. The Kier molecular flexibility index (Phi) is 6.82. The molecule has 0 unspecified atom stereocenters. The highest BCUT2D eigenvalue weighted by Gasteiger charge is 2.17. The number of aromatic nitrogens is 2. The van der Waals surface area contributed by atoms with E-state index in [0.717, 1.165) is 35.8 Å². The van der Waals surface area contributed by atoms with Crippen molar-refractivity contribution in [2.75, 3.05) is 7.05 Å². The Balaban J connectivity index is 1.48. The van der Waals surface area contributed by atoms with Gasteiger partial charge in [-0.25, -0.2) is 9.97 Å². The first-order valence-electron chi connectivity index (χ1n) is 9.26. The molecule has 2 N–H and O–H groups in total. The van der Waals surface area contributed by atoms with Crippen LogP contribution in [0.15, 0.2) is 29.5 Å². The van der Waals surface area contributed by atoms with Gasteiger partial charge < -0.3 is 15.4 Å². The predicted octanol–water partition coefficient (Wildman–Crippen LogP) is 3.29. The minimum Gasteiger partial charge on any atom is -0.474 e. The van der Waals surface area contributed by atoms with Crippen LogP contribution in [0.2, 0.25) is 0 Å². The number of hydrogen-bond donors (Lipinski definition) is 2. The average molecular weight is 374 g/mol. The lowest BCUT2D eigenvalue weighted by molar-refractivity contribution is 0.201. The lowest BCUT2D eigenvalue weighted by atomic mass is 10.2. The Bertz CT molecular complexity index is 724. The fraction of sp³-hybridized carbons (Fsp3) is 0.526. The molecular weight excluding hydrogens is 346 g/mol. The molecule has 2 heterocycles. The molecule has 3 rings (SSSR count). The van der Waals surface area contributed by atoms with Gasteiger partial charge in [-0.05, 0) is 43.7 Å². The fourth-order valence-electron chi connectivity index (χ4n) is 2.96. The summed E-state index contributed by atoms with van der Waals surface area (Å²) in [5.74, 6) is 1.47. The first kappa shape index (κ1) is 18.6. The van der Waals surface area contributed by atoms with E-state index in [4.69, 9.17) is 4.74 Å². The van der Waals surface area contributed by atoms with Gasteiger partial charge in [0.1, 0.15) is 11.1 Å². The smallest absolute Gasteiger partial charge is 0.213 e. The van der Waals surface area contributed by atoms with Crippen molar-refractivity contribution in [3.63, 3.8) is 0 Å². The Morgan fingerprint density at radius 1 is 1.27 bits per heavy atom. The monoisotopic (exact) mass is 373 g/mol. The summed E-state index contributed by atoms with van der Waals surface area (Å²) in [7, 11) is 1.77. The van der Waals surface area contributed by atoms with Gasteiger partial charge in [-0.3, -0.25) is 4.99 Å². The van der Waals surface area contributed by atoms with Gasteiger partial charge in [0.2, 0.25) is 5.88 Å². The van der Waals surface area contributed by atoms with E-state index in [-0.39, 0.29) is 0 Å². The number of aryl methyl sites for hydroxylation is 1. The normalized spacial score (nSPS) is 15.2. The van der Waals surface area contributed by atoms with E-state index in [0.29, 0.717) is 25.1 Å². The average Bonchev–Trinajstić information content (AvgIpc) is 3.34. The van der Waals surface area contributed by atoms with Gasteiger partial charge in [-0.15, -0.1) is 11.3 Å². The first-order chi connectivity index (χ1) is 12.8. The van der Waals surface area contributed by atoms with E-state index < -0.39 is 0 Å². The minimum atomic E-state index is 0.325. The summed E-state index contributed by atoms with van der Waals surface area (Å²) < 4.78 is 5.98. The Morgan fingerprint density at radius 2 is 2.08 bits per heavy atom. The SMILES string of the molecule is CCc1cnc(CNC(=NC)NCc2ccnc(OC3CCCC3)c2)s1. The van der Waals surface area contributed by atoms with Gasteiger partial charge in [-0.1, -0.05) is 6.92 Å². The number of aliphatic imine (C=N–C) groups is 1. The van der Waals surface area contributed by atoms with Crippen molar-refractivity contribution in [2.45, 2.75) is 58.2 Å². The van der Waals surface area contributed by atoms with Crippen molar-refractivity contribution in [1.29, 1.82) is 0 Å². The van der Waals surface area contributed by atoms with Crippen molar-refractivity contribution in [3.8, 4) is 5.88 Å². The number of nitrogens with one attached hydrogen (secondary N) is 2. The lowest BCUT2D eigenvalue weighted by Gasteiger charge is -2.14. The van der Waals surface area contributed by atoms with Crippen molar-refractivity contribution < 1.29 is 4.74 Å². The molecule has 0 radical (unpaired) electrons. The van der Waals surface area contributed by atoms with E-state index in [9.17, 15) is 0 Å². The number of nitrogens with zero attached hydrogens (tertiary/aromatic N) is 3. The van der Waals surface area contributed by atoms with E-state index in [1.54, 1.807) is 24.6 Å². The molecule has 0 bridgehead atoms. The summed E-state index contributed by atoms with van der Waals surface area (Å²) in [4.78, 5) is 14.3. The van der Waals surface area contributed by atoms with Gasteiger partial charge in [0.25, 0.3) is 0 Å². The maximum absolute atomic E-state index is 5.98. The zero-order valence-corrected chi connectivity index (χ0v) is 16.3. The second kappa shape index (κ2) is 9.52. The summed E-state index contributed by atoms with van der Waals surface area (Å²) in [6.45, 7) is 3.49. The van der Waals surface area contributed by atoms with Crippen LogP contribution in [0.3, 0.4) is 0 Å². The molecule has 1 saturated carbocycles. The molecule has 0 spiro atoms. The van der Waals surface area contributed by atoms with Crippen LogP contribution in [-0.4, -0.2) is 29.1 Å². The van der Waals surface area contributed by atoms with Gasteiger partial charge in [0, 0.05) is 36.9 Å². The molecule has 0 aliphatic heterocycles. The van der Waals surface area contributed by atoms with Gasteiger partial charge in [0.15, 0.2) is 5.96 Å². The highest BCUT2D eigenvalue weighted by Crippen LogP contribution is 2.23. The zero-order valence-electron chi connectivity index (χ0n) is 15.5. The molecule has 26 heavy (non-hydrogen) atoms. The lowest BCUT2D eigenvalue weighted by Crippen LogP contribution is -2.36. The molecule has 0 aromatic carbocycles. The standard InChI is InChI=1S/C19H27N5OS/c1-3-16-12-22-18(26-16)13-24-19(20-2)23-11-14-8-9-21-17(10-14)25-15-6-4-5-7-15/h8-10,12,15H,3-7,11,13H2,1-2H3,(H2,20,23,24). The molecule has 0 saturated heterocycles. The third-order valence-corrected chi connectivity index (χ3v) is 5.57. The fourth-order valence-corrected chi connectivity index (χ4v) is 3.76. The van der Waals surface area contributed by atoms with E-state index in [2.05, 4.69) is 32.5 Å². The topological polar surface area (TPSA) is 71.4 Å². The van der Waals surface area contributed by atoms with Crippen LogP contribution in [0.5, 0.6) is 5.88 Å². The zero-order chi connectivity index (χ0) is 18.2. The molecule has 1 aliphatic rings. The van der Waals surface area contributed by atoms with Crippen LogP contribution in [0.25, 0.3) is 0 Å². The second-order valence-electron chi connectivity index (χ2n) is 6.38. The molecule has 140 valence electrons. The van der Waals surface area contributed by atoms with Gasteiger partial charge in [0.05, 0.1) is 6.54 Å². The third-order valence-electron chi connectivity index (χ3n) is 4.43. The van der Waals surface area contributed by atoms with Crippen molar-refractivity contribution in [2.24, 2.45) is 4.99 Å². The second-order valence-corrected chi connectivity index (χ2v) is 7.58. The highest BCUT2D eigenvalue weighted by atomic mass is 32.1. The first-order valence-corrected chi connectivity index (χ1v) is 10.1. The number of rotatable bonds is 7. The number of hydrogen-bond acceptors (Lipinski definition) is 5. The molecule has 1 fully saturated rings. The van der Waals surface area contributed by atoms with E-state index >= 15 is 0 Å². The van der Waals surface area contributed by atoms with Crippen LogP contribution in [0.4, 0.5) is 0 Å². The number of guanidine groups is 1. The van der Waals surface area contributed by atoms with Crippen molar-refractivity contribution in [3.05, 3.63) is 40.0 Å². The van der Waals surface area contributed by atoms with Crippen LogP contribution in [-0.2, 0) is 19.5 Å². The molecule has 2 aromatic rings. The number of ether oxygens (including phenoxy) is 1. The molecule has 1 aliphatic carbocycles.